The SMILES string of the molecule is O=C(c1cccc(OCc2ccccc2)c1)N1CCC(C2CCCN2)CC1. The highest BCUT2D eigenvalue weighted by Gasteiger charge is 2.30. The molecule has 4 rings (SSSR count). The predicted octanol–water partition coefficient (Wildman–Crippen LogP) is 3.87. The smallest absolute Gasteiger partial charge is 0.253 e. The summed E-state index contributed by atoms with van der Waals surface area (Å²) < 4.78 is 5.88. The van der Waals surface area contributed by atoms with Crippen LogP contribution in [0.15, 0.2) is 54.6 Å². The Kier molecular flexibility index (Phi) is 5.73. The van der Waals surface area contributed by atoms with Crippen molar-refractivity contribution in [3.8, 4) is 5.75 Å². The molecule has 2 aromatic rings. The number of amides is 1. The summed E-state index contributed by atoms with van der Waals surface area (Å²) >= 11 is 0. The molecular formula is C23H28N2O2. The van der Waals surface area contributed by atoms with Gasteiger partial charge < -0.3 is 15.0 Å². The first-order chi connectivity index (χ1) is 13.3. The number of nitrogens with zero attached hydrogens (tertiary/aromatic N) is 1. The van der Waals surface area contributed by atoms with Gasteiger partial charge in [-0.15, -0.1) is 0 Å². The number of rotatable bonds is 5. The lowest BCUT2D eigenvalue weighted by Gasteiger charge is -2.35. The summed E-state index contributed by atoms with van der Waals surface area (Å²) in [6.45, 7) is 3.38. The zero-order valence-corrected chi connectivity index (χ0v) is 15.8. The molecule has 4 nitrogen and oxygen atoms in total. The first-order valence-corrected chi connectivity index (χ1v) is 10.1. The highest BCUT2D eigenvalue weighted by molar-refractivity contribution is 5.94. The molecule has 142 valence electrons. The Morgan fingerprint density at radius 1 is 1.04 bits per heavy atom. The molecule has 1 N–H and O–H groups in total. The topological polar surface area (TPSA) is 41.6 Å². The summed E-state index contributed by atoms with van der Waals surface area (Å²) in [6.07, 6.45) is 4.79. The van der Waals surface area contributed by atoms with Crippen molar-refractivity contribution < 1.29 is 9.53 Å². The van der Waals surface area contributed by atoms with Crippen LogP contribution in [0.1, 0.15) is 41.6 Å². The number of hydrogen-bond donors (Lipinski definition) is 1. The van der Waals surface area contributed by atoms with Crippen molar-refractivity contribution in [1.82, 2.24) is 10.2 Å². The second-order valence-corrected chi connectivity index (χ2v) is 7.63. The number of ether oxygens (including phenoxy) is 1. The van der Waals surface area contributed by atoms with Crippen molar-refractivity contribution in [1.29, 1.82) is 0 Å². The van der Waals surface area contributed by atoms with Crippen LogP contribution in [0.25, 0.3) is 0 Å². The number of carbonyl (C=O) groups excluding carboxylic acids is 1. The van der Waals surface area contributed by atoms with Gasteiger partial charge in [0.15, 0.2) is 0 Å². The summed E-state index contributed by atoms with van der Waals surface area (Å²) in [5.41, 5.74) is 1.84. The third-order valence-electron chi connectivity index (χ3n) is 5.82. The third-order valence-corrected chi connectivity index (χ3v) is 5.82. The number of carbonyl (C=O) groups is 1. The van der Waals surface area contributed by atoms with E-state index in [2.05, 4.69) is 5.32 Å². The highest BCUT2D eigenvalue weighted by Crippen LogP contribution is 2.27. The summed E-state index contributed by atoms with van der Waals surface area (Å²) in [6, 6.07) is 18.3. The van der Waals surface area contributed by atoms with E-state index < -0.39 is 0 Å². The zero-order chi connectivity index (χ0) is 18.5. The normalized spacial score (nSPS) is 20.6. The van der Waals surface area contributed by atoms with Crippen molar-refractivity contribution in [2.75, 3.05) is 19.6 Å². The molecule has 2 aromatic carbocycles. The van der Waals surface area contributed by atoms with E-state index in [0.717, 1.165) is 55.3 Å². The molecule has 0 aromatic heterocycles. The van der Waals surface area contributed by atoms with Crippen LogP contribution >= 0.6 is 0 Å². The van der Waals surface area contributed by atoms with Gasteiger partial charge >= 0.3 is 0 Å². The van der Waals surface area contributed by atoms with Crippen LogP contribution in [0.2, 0.25) is 0 Å². The van der Waals surface area contributed by atoms with Gasteiger partial charge in [0.05, 0.1) is 0 Å². The minimum Gasteiger partial charge on any atom is -0.489 e. The lowest BCUT2D eigenvalue weighted by atomic mass is 9.88. The summed E-state index contributed by atoms with van der Waals surface area (Å²) in [4.78, 5) is 14.9. The molecule has 2 saturated heterocycles. The van der Waals surface area contributed by atoms with Crippen molar-refractivity contribution in [3.05, 3.63) is 65.7 Å². The number of piperidine rings is 1. The third kappa shape index (κ3) is 4.51. The van der Waals surface area contributed by atoms with Gasteiger partial charge in [-0.3, -0.25) is 4.79 Å². The molecule has 1 unspecified atom stereocenters. The number of hydrogen-bond acceptors (Lipinski definition) is 3. The molecule has 0 aliphatic carbocycles. The summed E-state index contributed by atoms with van der Waals surface area (Å²) in [5.74, 6) is 1.59. The second kappa shape index (κ2) is 8.57. The van der Waals surface area contributed by atoms with Gasteiger partial charge in [-0.2, -0.15) is 0 Å². The minimum atomic E-state index is 0.123. The van der Waals surface area contributed by atoms with Crippen LogP contribution in [0.3, 0.4) is 0 Å². The summed E-state index contributed by atoms with van der Waals surface area (Å²) in [5, 5.41) is 3.62. The Morgan fingerprint density at radius 3 is 2.59 bits per heavy atom. The Bertz CT molecular complexity index is 748. The van der Waals surface area contributed by atoms with Crippen molar-refractivity contribution in [2.24, 2.45) is 5.92 Å². The molecule has 4 heteroatoms. The van der Waals surface area contributed by atoms with E-state index in [1.165, 1.54) is 12.8 Å². The van der Waals surface area contributed by atoms with Crippen molar-refractivity contribution >= 4 is 5.91 Å². The maximum atomic E-state index is 12.9. The molecule has 2 heterocycles. The van der Waals surface area contributed by atoms with E-state index in [1.54, 1.807) is 0 Å². The fraction of sp³-hybridized carbons (Fsp3) is 0.435. The Balaban J connectivity index is 1.33. The Hall–Kier alpha value is -2.33. The molecule has 1 amide bonds. The molecule has 27 heavy (non-hydrogen) atoms. The predicted molar refractivity (Wildman–Crippen MR) is 107 cm³/mol. The molecular weight excluding hydrogens is 336 g/mol. The quantitative estimate of drug-likeness (QED) is 0.876. The summed E-state index contributed by atoms with van der Waals surface area (Å²) in [7, 11) is 0. The molecule has 0 radical (unpaired) electrons. The van der Waals surface area contributed by atoms with Crippen molar-refractivity contribution in [3.63, 3.8) is 0 Å². The number of nitrogens with one attached hydrogen (secondary N) is 1. The molecule has 1 atom stereocenters. The lowest BCUT2D eigenvalue weighted by Crippen LogP contribution is -2.43. The van der Waals surface area contributed by atoms with Crippen LogP contribution in [0, 0.1) is 5.92 Å². The first kappa shape index (κ1) is 18.1. The van der Waals surface area contributed by atoms with E-state index >= 15 is 0 Å². The number of likely N-dealkylation sites (tertiary alicyclic amines) is 1. The lowest BCUT2D eigenvalue weighted by molar-refractivity contribution is 0.0674. The largest absolute Gasteiger partial charge is 0.489 e. The van der Waals surface area contributed by atoms with E-state index in [1.807, 2.05) is 59.5 Å². The molecule has 2 aliphatic rings. The van der Waals surface area contributed by atoms with Gasteiger partial charge in [0, 0.05) is 24.7 Å². The Morgan fingerprint density at radius 2 is 1.85 bits per heavy atom. The molecule has 0 spiro atoms. The van der Waals surface area contributed by atoms with Crippen LogP contribution in [-0.4, -0.2) is 36.5 Å². The van der Waals surface area contributed by atoms with Gasteiger partial charge in [0.25, 0.3) is 5.91 Å². The van der Waals surface area contributed by atoms with Crippen LogP contribution < -0.4 is 10.1 Å². The second-order valence-electron chi connectivity index (χ2n) is 7.63. The van der Waals surface area contributed by atoms with Crippen LogP contribution in [-0.2, 0) is 6.61 Å². The van der Waals surface area contributed by atoms with E-state index in [9.17, 15) is 4.79 Å². The minimum absolute atomic E-state index is 0.123. The van der Waals surface area contributed by atoms with Gasteiger partial charge in [-0.25, -0.2) is 0 Å². The maximum absolute atomic E-state index is 12.9. The fourth-order valence-electron chi connectivity index (χ4n) is 4.26. The standard InChI is InChI=1S/C23H28N2O2/c26-23(25-14-11-19(12-15-25)22-10-5-13-24-22)20-8-4-9-21(16-20)27-17-18-6-2-1-3-7-18/h1-4,6-9,16,19,22,24H,5,10-15,17H2. The average molecular weight is 364 g/mol. The van der Waals surface area contributed by atoms with E-state index in [0.29, 0.717) is 12.6 Å². The van der Waals surface area contributed by atoms with E-state index in [-0.39, 0.29) is 5.91 Å². The molecule has 2 fully saturated rings. The van der Waals surface area contributed by atoms with Crippen LogP contribution in [0.5, 0.6) is 5.75 Å². The Labute approximate surface area is 161 Å². The highest BCUT2D eigenvalue weighted by atomic mass is 16.5. The van der Waals surface area contributed by atoms with Gasteiger partial charge in [-0.05, 0) is 61.9 Å². The average Bonchev–Trinajstić information content (AvgIpc) is 3.28. The van der Waals surface area contributed by atoms with Crippen LogP contribution in [0.4, 0.5) is 0 Å². The monoisotopic (exact) mass is 364 g/mol. The van der Waals surface area contributed by atoms with Gasteiger partial charge in [0.1, 0.15) is 12.4 Å². The molecule has 0 bridgehead atoms. The first-order valence-electron chi connectivity index (χ1n) is 10.1. The fourth-order valence-corrected chi connectivity index (χ4v) is 4.26. The van der Waals surface area contributed by atoms with Gasteiger partial charge in [0.2, 0.25) is 0 Å². The molecule has 0 saturated carbocycles. The molecule has 2 aliphatic heterocycles. The van der Waals surface area contributed by atoms with E-state index in [4.69, 9.17) is 4.74 Å². The van der Waals surface area contributed by atoms with Crippen molar-refractivity contribution in [2.45, 2.75) is 38.3 Å². The maximum Gasteiger partial charge on any atom is 0.253 e. The number of benzene rings is 2. The van der Waals surface area contributed by atoms with Gasteiger partial charge in [-0.1, -0.05) is 36.4 Å². The zero-order valence-electron chi connectivity index (χ0n) is 15.8.